The number of carbonyl (C=O) groups excluding carboxylic acids is 2. The molecule has 0 aromatic heterocycles. The molecular formula is C18H20N2O3. The quantitative estimate of drug-likeness (QED) is 0.634. The number of carbonyl (C=O) groups is 2. The average molecular weight is 312 g/mol. The number of hydrogen-bond acceptors (Lipinski definition) is 5. The van der Waals surface area contributed by atoms with Crippen LogP contribution in [0, 0.1) is 0 Å². The number of para-hydroxylation sites is 2. The Kier molecular flexibility index (Phi) is 5.74. The van der Waals surface area contributed by atoms with Crippen LogP contribution in [0.4, 0.5) is 11.4 Å². The minimum Gasteiger partial charge on any atom is -0.390 e. The Bertz CT molecular complexity index is 586. The zero-order chi connectivity index (χ0) is 16.7. The minimum absolute atomic E-state index is 0.611. The Morgan fingerprint density at radius 1 is 0.739 bits per heavy atom. The molecule has 5 nitrogen and oxygen atoms in total. The number of hydrogen-bond donors (Lipinski definition) is 2. The SMILES string of the molecule is C[C@H](Nc1ccccc1)C(=O)OC(=O)[C@H](C)Nc1ccccc1. The van der Waals surface area contributed by atoms with E-state index in [1.54, 1.807) is 13.8 Å². The first-order chi connectivity index (χ1) is 11.1. The summed E-state index contributed by atoms with van der Waals surface area (Å²) in [6, 6.07) is 17.3. The van der Waals surface area contributed by atoms with Crippen LogP contribution in [0.3, 0.4) is 0 Å². The molecule has 0 unspecified atom stereocenters. The molecule has 120 valence electrons. The molecular weight excluding hydrogens is 292 g/mol. The maximum Gasteiger partial charge on any atom is 0.335 e. The first-order valence-electron chi connectivity index (χ1n) is 7.45. The van der Waals surface area contributed by atoms with E-state index in [1.807, 2.05) is 60.7 Å². The van der Waals surface area contributed by atoms with E-state index in [4.69, 9.17) is 4.74 Å². The van der Waals surface area contributed by atoms with Crippen molar-refractivity contribution in [1.29, 1.82) is 0 Å². The van der Waals surface area contributed by atoms with Crippen molar-refractivity contribution in [1.82, 2.24) is 0 Å². The number of rotatable bonds is 6. The van der Waals surface area contributed by atoms with E-state index in [2.05, 4.69) is 10.6 Å². The summed E-state index contributed by atoms with van der Waals surface area (Å²) in [5.74, 6) is -1.22. The Balaban J connectivity index is 1.85. The van der Waals surface area contributed by atoms with Gasteiger partial charge in [-0.2, -0.15) is 0 Å². The fourth-order valence-electron chi connectivity index (χ4n) is 1.96. The third-order valence-electron chi connectivity index (χ3n) is 3.22. The highest BCUT2D eigenvalue weighted by Gasteiger charge is 2.22. The van der Waals surface area contributed by atoms with Crippen LogP contribution in [-0.2, 0) is 14.3 Å². The summed E-state index contributed by atoms with van der Waals surface area (Å²) in [6.07, 6.45) is 0. The van der Waals surface area contributed by atoms with Gasteiger partial charge in [-0.05, 0) is 38.1 Å². The zero-order valence-electron chi connectivity index (χ0n) is 13.2. The van der Waals surface area contributed by atoms with Gasteiger partial charge in [-0.3, -0.25) is 0 Å². The molecule has 0 amide bonds. The molecule has 0 saturated heterocycles. The fraction of sp³-hybridized carbons (Fsp3) is 0.222. The molecule has 0 fully saturated rings. The molecule has 0 heterocycles. The van der Waals surface area contributed by atoms with Crippen LogP contribution in [-0.4, -0.2) is 24.0 Å². The second-order valence-corrected chi connectivity index (χ2v) is 5.20. The predicted octanol–water partition coefficient (Wildman–Crippen LogP) is 3.06. The van der Waals surface area contributed by atoms with Gasteiger partial charge in [0.25, 0.3) is 0 Å². The van der Waals surface area contributed by atoms with Gasteiger partial charge in [0, 0.05) is 11.4 Å². The van der Waals surface area contributed by atoms with Crippen molar-refractivity contribution in [2.24, 2.45) is 0 Å². The van der Waals surface area contributed by atoms with Gasteiger partial charge in [0.15, 0.2) is 0 Å². The van der Waals surface area contributed by atoms with E-state index < -0.39 is 24.0 Å². The fourth-order valence-corrected chi connectivity index (χ4v) is 1.96. The Labute approximate surface area is 135 Å². The van der Waals surface area contributed by atoms with Gasteiger partial charge < -0.3 is 15.4 Å². The number of nitrogens with one attached hydrogen (secondary N) is 2. The van der Waals surface area contributed by atoms with Crippen LogP contribution in [0.25, 0.3) is 0 Å². The Morgan fingerprint density at radius 2 is 1.09 bits per heavy atom. The molecule has 2 aromatic rings. The maximum atomic E-state index is 12.0. The first kappa shape index (κ1) is 16.5. The Morgan fingerprint density at radius 3 is 1.43 bits per heavy atom. The van der Waals surface area contributed by atoms with E-state index in [9.17, 15) is 9.59 Å². The van der Waals surface area contributed by atoms with Gasteiger partial charge in [0.05, 0.1) is 0 Å². The lowest BCUT2D eigenvalue weighted by molar-refractivity contribution is -0.160. The van der Waals surface area contributed by atoms with Crippen LogP contribution < -0.4 is 10.6 Å². The van der Waals surface area contributed by atoms with Crippen molar-refractivity contribution >= 4 is 23.3 Å². The summed E-state index contributed by atoms with van der Waals surface area (Å²) in [5, 5.41) is 5.98. The average Bonchev–Trinajstić information content (AvgIpc) is 2.56. The van der Waals surface area contributed by atoms with Gasteiger partial charge >= 0.3 is 11.9 Å². The van der Waals surface area contributed by atoms with Crippen molar-refractivity contribution in [3.63, 3.8) is 0 Å². The van der Waals surface area contributed by atoms with Gasteiger partial charge in [0.2, 0.25) is 0 Å². The van der Waals surface area contributed by atoms with E-state index in [1.165, 1.54) is 0 Å². The molecule has 0 aliphatic rings. The molecule has 2 rings (SSSR count). The predicted molar refractivity (Wildman–Crippen MR) is 90.2 cm³/mol. The van der Waals surface area contributed by atoms with E-state index in [0.29, 0.717) is 0 Å². The highest BCUT2D eigenvalue weighted by atomic mass is 16.6. The smallest absolute Gasteiger partial charge is 0.335 e. The standard InChI is InChI=1S/C18H20N2O3/c1-13(19-15-9-5-3-6-10-15)17(21)23-18(22)14(2)20-16-11-7-4-8-12-16/h3-14,19-20H,1-2H3/t13-,14-/m0/s1. The lowest BCUT2D eigenvalue weighted by atomic mass is 10.2. The molecule has 2 N–H and O–H groups in total. The second-order valence-electron chi connectivity index (χ2n) is 5.20. The Hall–Kier alpha value is -2.82. The third-order valence-corrected chi connectivity index (χ3v) is 3.22. The van der Waals surface area contributed by atoms with E-state index in [0.717, 1.165) is 11.4 Å². The number of benzene rings is 2. The lowest BCUT2D eigenvalue weighted by Crippen LogP contribution is -2.35. The lowest BCUT2D eigenvalue weighted by Gasteiger charge is -2.17. The van der Waals surface area contributed by atoms with Gasteiger partial charge in [-0.25, -0.2) is 9.59 Å². The van der Waals surface area contributed by atoms with Crippen molar-refractivity contribution in [2.75, 3.05) is 10.6 Å². The number of anilines is 2. The van der Waals surface area contributed by atoms with Gasteiger partial charge in [-0.1, -0.05) is 36.4 Å². The molecule has 0 spiro atoms. The number of esters is 2. The summed E-state index contributed by atoms with van der Waals surface area (Å²) < 4.78 is 4.92. The topological polar surface area (TPSA) is 67.4 Å². The third kappa shape index (κ3) is 5.14. The molecule has 2 atom stereocenters. The summed E-state index contributed by atoms with van der Waals surface area (Å²) in [5.41, 5.74) is 1.58. The summed E-state index contributed by atoms with van der Waals surface area (Å²) >= 11 is 0. The van der Waals surface area contributed by atoms with Gasteiger partial charge in [0.1, 0.15) is 12.1 Å². The molecule has 0 bridgehead atoms. The molecule has 23 heavy (non-hydrogen) atoms. The zero-order valence-corrected chi connectivity index (χ0v) is 13.2. The maximum absolute atomic E-state index is 12.0. The van der Waals surface area contributed by atoms with Crippen molar-refractivity contribution in [2.45, 2.75) is 25.9 Å². The molecule has 0 aliphatic carbocycles. The highest BCUT2D eigenvalue weighted by Crippen LogP contribution is 2.10. The molecule has 0 saturated carbocycles. The van der Waals surface area contributed by atoms with Crippen LogP contribution in [0.2, 0.25) is 0 Å². The normalized spacial score (nSPS) is 12.8. The molecule has 0 radical (unpaired) electrons. The van der Waals surface area contributed by atoms with Crippen LogP contribution in [0.1, 0.15) is 13.8 Å². The highest BCUT2D eigenvalue weighted by molar-refractivity contribution is 5.92. The second kappa shape index (κ2) is 7.98. The van der Waals surface area contributed by atoms with Crippen molar-refractivity contribution < 1.29 is 14.3 Å². The summed E-state index contributed by atoms with van der Waals surface area (Å²) in [4.78, 5) is 24.0. The molecule has 5 heteroatoms. The van der Waals surface area contributed by atoms with Crippen LogP contribution >= 0.6 is 0 Å². The number of ether oxygens (including phenoxy) is 1. The molecule has 0 aliphatic heterocycles. The van der Waals surface area contributed by atoms with Crippen molar-refractivity contribution in [3.05, 3.63) is 60.7 Å². The largest absolute Gasteiger partial charge is 0.390 e. The van der Waals surface area contributed by atoms with E-state index in [-0.39, 0.29) is 0 Å². The van der Waals surface area contributed by atoms with Crippen LogP contribution in [0.15, 0.2) is 60.7 Å². The van der Waals surface area contributed by atoms with Crippen LogP contribution in [0.5, 0.6) is 0 Å². The van der Waals surface area contributed by atoms with Gasteiger partial charge in [-0.15, -0.1) is 0 Å². The summed E-state index contributed by atoms with van der Waals surface area (Å²) in [6.45, 7) is 3.30. The summed E-state index contributed by atoms with van der Waals surface area (Å²) in [7, 11) is 0. The van der Waals surface area contributed by atoms with E-state index >= 15 is 0 Å². The van der Waals surface area contributed by atoms with Crippen molar-refractivity contribution in [3.8, 4) is 0 Å². The molecule has 2 aromatic carbocycles. The first-order valence-corrected chi connectivity index (χ1v) is 7.45. The monoisotopic (exact) mass is 312 g/mol. The minimum atomic E-state index is -0.620.